The van der Waals surface area contributed by atoms with Gasteiger partial charge in [0.25, 0.3) is 0 Å². The molecule has 0 aliphatic heterocycles. The van der Waals surface area contributed by atoms with Crippen molar-refractivity contribution in [2.24, 2.45) is 0 Å². The predicted molar refractivity (Wildman–Crippen MR) is 70.3 cm³/mol. The van der Waals surface area contributed by atoms with E-state index in [1.807, 2.05) is 6.26 Å². The van der Waals surface area contributed by atoms with Gasteiger partial charge in [-0.25, -0.2) is 13.1 Å². The summed E-state index contributed by atoms with van der Waals surface area (Å²) in [6.45, 7) is 2.27. The molecule has 86 valence electrons. The fraction of sp³-hybridized carbons (Fsp3) is 0.500. The summed E-state index contributed by atoms with van der Waals surface area (Å²) in [4.78, 5) is 1.18. The monoisotopic (exact) mass is 329 g/mol. The number of sulfonamides is 1. The Morgan fingerprint density at radius 3 is 2.73 bits per heavy atom. The van der Waals surface area contributed by atoms with Crippen LogP contribution in [0.4, 0.5) is 0 Å². The van der Waals surface area contributed by atoms with Crippen molar-refractivity contribution in [1.29, 1.82) is 0 Å². The predicted octanol–water partition coefficient (Wildman–Crippen LogP) is 2.46. The Labute approximate surface area is 107 Å². The van der Waals surface area contributed by atoms with Gasteiger partial charge in [-0.1, -0.05) is 0 Å². The van der Waals surface area contributed by atoms with Gasteiger partial charge in [0.05, 0.1) is 8.68 Å². The third-order valence-electron chi connectivity index (χ3n) is 1.73. The fourth-order valence-electron chi connectivity index (χ4n) is 1.05. The first-order valence-electron chi connectivity index (χ1n) is 4.22. The van der Waals surface area contributed by atoms with E-state index in [2.05, 4.69) is 20.7 Å². The van der Waals surface area contributed by atoms with E-state index in [0.717, 1.165) is 14.4 Å². The highest BCUT2D eigenvalue weighted by Crippen LogP contribution is 2.29. The van der Waals surface area contributed by atoms with Gasteiger partial charge in [-0.3, -0.25) is 0 Å². The minimum Gasteiger partial charge on any atom is -0.210 e. The van der Waals surface area contributed by atoms with E-state index in [1.54, 1.807) is 24.8 Å². The van der Waals surface area contributed by atoms with Crippen molar-refractivity contribution in [2.45, 2.75) is 11.8 Å². The normalized spacial score (nSPS) is 11.9. The zero-order valence-electron chi connectivity index (χ0n) is 8.41. The maximum atomic E-state index is 11.8. The van der Waals surface area contributed by atoms with E-state index in [1.165, 1.54) is 11.3 Å². The van der Waals surface area contributed by atoms with E-state index in [9.17, 15) is 8.42 Å². The first kappa shape index (κ1) is 13.5. The van der Waals surface area contributed by atoms with Gasteiger partial charge in [0.15, 0.2) is 0 Å². The van der Waals surface area contributed by atoms with Crippen LogP contribution in [-0.2, 0) is 10.0 Å². The SMILES string of the molecule is CSCCNS(=O)(=O)c1cc(Br)sc1C. The molecule has 0 fully saturated rings. The standard InChI is InChI=1S/C8H12BrNO2S3/c1-6-7(5-8(9)14-6)15(11,12)10-3-4-13-2/h5,10H,3-4H2,1-2H3. The molecule has 0 aliphatic carbocycles. The molecule has 0 aliphatic rings. The molecule has 7 heteroatoms. The molecule has 0 aromatic carbocycles. The van der Waals surface area contributed by atoms with Crippen molar-refractivity contribution in [3.8, 4) is 0 Å². The minimum atomic E-state index is -3.33. The number of hydrogen-bond acceptors (Lipinski definition) is 4. The van der Waals surface area contributed by atoms with Crippen LogP contribution < -0.4 is 4.72 Å². The maximum absolute atomic E-state index is 11.8. The third kappa shape index (κ3) is 3.74. The van der Waals surface area contributed by atoms with E-state index in [0.29, 0.717) is 11.4 Å². The van der Waals surface area contributed by atoms with Gasteiger partial charge in [-0.05, 0) is 35.2 Å². The number of rotatable bonds is 5. The van der Waals surface area contributed by atoms with E-state index in [-0.39, 0.29) is 0 Å². The van der Waals surface area contributed by atoms with Gasteiger partial charge in [0.2, 0.25) is 10.0 Å². The lowest BCUT2D eigenvalue weighted by atomic mass is 10.5. The Balaban J connectivity index is 2.82. The highest BCUT2D eigenvalue weighted by Gasteiger charge is 2.18. The summed E-state index contributed by atoms with van der Waals surface area (Å²) >= 11 is 6.32. The molecule has 0 radical (unpaired) electrons. The second kappa shape index (κ2) is 5.67. The summed E-state index contributed by atoms with van der Waals surface area (Å²) < 4.78 is 27.0. The van der Waals surface area contributed by atoms with Gasteiger partial charge < -0.3 is 0 Å². The van der Waals surface area contributed by atoms with Crippen molar-refractivity contribution < 1.29 is 8.42 Å². The van der Waals surface area contributed by atoms with Crippen molar-refractivity contribution in [3.63, 3.8) is 0 Å². The molecule has 1 rings (SSSR count). The minimum absolute atomic E-state index is 0.375. The Kier molecular flexibility index (Phi) is 5.11. The maximum Gasteiger partial charge on any atom is 0.241 e. The zero-order valence-corrected chi connectivity index (χ0v) is 12.4. The number of thioether (sulfide) groups is 1. The molecule has 1 aromatic rings. The molecular weight excluding hydrogens is 318 g/mol. The topological polar surface area (TPSA) is 46.2 Å². The Morgan fingerprint density at radius 1 is 1.60 bits per heavy atom. The van der Waals surface area contributed by atoms with Crippen molar-refractivity contribution in [1.82, 2.24) is 4.72 Å². The Hall–Kier alpha value is 0.440. The van der Waals surface area contributed by atoms with Crippen LogP contribution in [0.1, 0.15) is 4.88 Å². The number of halogens is 1. The number of nitrogens with one attached hydrogen (secondary N) is 1. The van der Waals surface area contributed by atoms with Crippen LogP contribution in [0.15, 0.2) is 14.7 Å². The highest BCUT2D eigenvalue weighted by molar-refractivity contribution is 9.11. The smallest absolute Gasteiger partial charge is 0.210 e. The van der Waals surface area contributed by atoms with Gasteiger partial charge in [-0.15, -0.1) is 11.3 Å². The van der Waals surface area contributed by atoms with Gasteiger partial charge in [-0.2, -0.15) is 11.8 Å². The molecule has 0 bridgehead atoms. The first-order valence-corrected chi connectivity index (χ1v) is 8.70. The lowest BCUT2D eigenvalue weighted by molar-refractivity contribution is 0.584. The van der Waals surface area contributed by atoms with Crippen LogP contribution in [0.3, 0.4) is 0 Å². The second-order valence-electron chi connectivity index (χ2n) is 2.86. The van der Waals surface area contributed by atoms with Crippen LogP contribution in [0, 0.1) is 6.92 Å². The number of thiophene rings is 1. The molecule has 0 saturated heterocycles. The summed E-state index contributed by atoms with van der Waals surface area (Å²) in [7, 11) is -3.33. The van der Waals surface area contributed by atoms with Gasteiger partial charge >= 0.3 is 0 Å². The Morgan fingerprint density at radius 2 is 2.27 bits per heavy atom. The van der Waals surface area contributed by atoms with Crippen molar-refractivity contribution in [3.05, 3.63) is 14.7 Å². The van der Waals surface area contributed by atoms with E-state index >= 15 is 0 Å². The second-order valence-corrected chi connectivity index (χ2v) is 8.22. The van der Waals surface area contributed by atoms with Crippen molar-refractivity contribution in [2.75, 3.05) is 18.6 Å². The largest absolute Gasteiger partial charge is 0.241 e. The quantitative estimate of drug-likeness (QED) is 0.844. The molecule has 1 aromatic heterocycles. The summed E-state index contributed by atoms with van der Waals surface area (Å²) in [5.74, 6) is 0.781. The van der Waals surface area contributed by atoms with E-state index in [4.69, 9.17) is 0 Å². The Bertz CT molecular complexity index is 427. The number of hydrogen-bond donors (Lipinski definition) is 1. The van der Waals surface area contributed by atoms with Gasteiger partial charge in [0.1, 0.15) is 0 Å². The fourth-order valence-corrected chi connectivity index (χ4v) is 4.93. The molecule has 0 saturated carbocycles. The lowest BCUT2D eigenvalue weighted by Gasteiger charge is -2.04. The lowest BCUT2D eigenvalue weighted by Crippen LogP contribution is -2.26. The summed E-state index contributed by atoms with van der Waals surface area (Å²) in [5, 5.41) is 0. The number of aryl methyl sites for hydroxylation is 1. The first-order chi connectivity index (χ1) is 6.97. The summed E-state index contributed by atoms with van der Waals surface area (Å²) in [6.07, 6.45) is 1.95. The average Bonchev–Trinajstić information content (AvgIpc) is 2.46. The molecule has 1 N–H and O–H groups in total. The third-order valence-corrected chi connectivity index (χ3v) is 5.61. The molecule has 0 atom stereocenters. The van der Waals surface area contributed by atoms with Crippen LogP contribution >= 0.6 is 39.0 Å². The van der Waals surface area contributed by atoms with Crippen molar-refractivity contribution >= 4 is 49.1 Å². The van der Waals surface area contributed by atoms with Crippen LogP contribution in [0.2, 0.25) is 0 Å². The molecule has 15 heavy (non-hydrogen) atoms. The molecule has 3 nitrogen and oxygen atoms in total. The van der Waals surface area contributed by atoms with Crippen LogP contribution in [0.5, 0.6) is 0 Å². The molecular formula is C8H12BrNO2S3. The zero-order chi connectivity index (χ0) is 11.5. The molecule has 0 unspecified atom stereocenters. The highest BCUT2D eigenvalue weighted by atomic mass is 79.9. The summed E-state index contributed by atoms with van der Waals surface area (Å²) in [5.41, 5.74) is 0. The van der Waals surface area contributed by atoms with Crippen LogP contribution in [-0.4, -0.2) is 27.0 Å². The average molecular weight is 330 g/mol. The molecule has 0 amide bonds. The molecule has 0 spiro atoms. The molecule has 1 heterocycles. The van der Waals surface area contributed by atoms with Crippen LogP contribution in [0.25, 0.3) is 0 Å². The van der Waals surface area contributed by atoms with E-state index < -0.39 is 10.0 Å². The summed E-state index contributed by atoms with van der Waals surface area (Å²) in [6, 6.07) is 1.64. The van der Waals surface area contributed by atoms with Gasteiger partial charge in [0, 0.05) is 17.2 Å².